The molecule has 0 spiro atoms. The van der Waals surface area contributed by atoms with E-state index in [4.69, 9.17) is 14.4 Å². The van der Waals surface area contributed by atoms with Gasteiger partial charge < -0.3 is 14.4 Å². The van der Waals surface area contributed by atoms with E-state index >= 15 is 0 Å². The third-order valence-electron chi connectivity index (χ3n) is 1.62. The lowest BCUT2D eigenvalue weighted by Crippen LogP contribution is -2.19. The zero-order valence-electron chi connectivity index (χ0n) is 8.06. The van der Waals surface area contributed by atoms with Gasteiger partial charge in [0.2, 0.25) is 5.89 Å². The fraction of sp³-hybridized carbons (Fsp3) is 0.625. The van der Waals surface area contributed by atoms with E-state index in [2.05, 4.69) is 10.1 Å². The highest BCUT2D eigenvalue weighted by Gasteiger charge is 2.13. The largest absolute Gasteiger partial charge is 0.479 e. The van der Waals surface area contributed by atoms with Crippen molar-refractivity contribution in [1.82, 2.24) is 10.1 Å². The van der Waals surface area contributed by atoms with Crippen molar-refractivity contribution in [2.24, 2.45) is 0 Å². The number of aryl methyl sites for hydroxylation is 1. The minimum atomic E-state index is -1.01. The highest BCUT2D eigenvalue weighted by Crippen LogP contribution is 2.01. The Morgan fingerprint density at radius 1 is 1.71 bits per heavy atom. The van der Waals surface area contributed by atoms with Crippen LogP contribution >= 0.6 is 0 Å². The quantitative estimate of drug-likeness (QED) is 0.749. The molecule has 1 heterocycles. The molecule has 6 nitrogen and oxygen atoms in total. The second kappa shape index (κ2) is 4.71. The van der Waals surface area contributed by atoms with Gasteiger partial charge in [-0.25, -0.2) is 4.79 Å². The van der Waals surface area contributed by atoms with E-state index < -0.39 is 12.1 Å². The maximum atomic E-state index is 10.4. The van der Waals surface area contributed by atoms with Crippen LogP contribution in [0, 0.1) is 0 Å². The summed E-state index contributed by atoms with van der Waals surface area (Å²) in [4.78, 5) is 14.4. The molecule has 1 N–H and O–H groups in total. The van der Waals surface area contributed by atoms with E-state index in [-0.39, 0.29) is 6.61 Å². The number of hydrogen-bond acceptors (Lipinski definition) is 5. The Kier molecular flexibility index (Phi) is 3.58. The summed E-state index contributed by atoms with van der Waals surface area (Å²) < 4.78 is 9.78. The topological polar surface area (TPSA) is 85.5 Å². The number of carbonyl (C=O) groups is 1. The summed E-state index contributed by atoms with van der Waals surface area (Å²) in [5.74, 6) is -0.120. The Balaban J connectivity index is 2.41. The molecule has 0 bridgehead atoms. The first-order valence-corrected chi connectivity index (χ1v) is 4.29. The summed E-state index contributed by atoms with van der Waals surface area (Å²) in [7, 11) is 0. The molecule has 0 amide bonds. The monoisotopic (exact) mass is 200 g/mol. The minimum Gasteiger partial charge on any atom is -0.479 e. The van der Waals surface area contributed by atoms with Crippen LogP contribution in [0.2, 0.25) is 0 Å². The van der Waals surface area contributed by atoms with E-state index in [9.17, 15) is 4.79 Å². The van der Waals surface area contributed by atoms with Crippen molar-refractivity contribution in [1.29, 1.82) is 0 Å². The molecule has 0 aliphatic carbocycles. The molecule has 1 unspecified atom stereocenters. The second-order valence-electron chi connectivity index (χ2n) is 2.75. The molecule has 1 aromatic heterocycles. The molecule has 0 aliphatic heterocycles. The number of rotatable bonds is 5. The van der Waals surface area contributed by atoms with Crippen molar-refractivity contribution in [3.05, 3.63) is 11.7 Å². The highest BCUT2D eigenvalue weighted by atomic mass is 16.5. The number of carboxylic acid groups (broad SMARTS) is 1. The molecule has 78 valence electrons. The number of aliphatic carboxylic acids is 1. The predicted molar refractivity (Wildman–Crippen MR) is 45.6 cm³/mol. The lowest BCUT2D eigenvalue weighted by molar-refractivity contribution is -0.150. The molecule has 1 atom stereocenters. The number of ether oxygens (including phenoxy) is 1. The maximum Gasteiger partial charge on any atom is 0.332 e. The van der Waals surface area contributed by atoms with Crippen molar-refractivity contribution >= 4 is 5.97 Å². The van der Waals surface area contributed by atoms with E-state index in [1.54, 1.807) is 0 Å². The molecule has 0 radical (unpaired) electrons. The van der Waals surface area contributed by atoms with Crippen LogP contribution in [0.1, 0.15) is 25.6 Å². The van der Waals surface area contributed by atoms with E-state index in [1.807, 2.05) is 6.92 Å². The predicted octanol–water partition coefficient (Wildman–Crippen LogP) is 0.622. The Morgan fingerprint density at radius 3 is 2.93 bits per heavy atom. The zero-order valence-corrected chi connectivity index (χ0v) is 8.06. The molecule has 6 heteroatoms. The van der Waals surface area contributed by atoms with Gasteiger partial charge in [-0.05, 0) is 6.92 Å². The molecule has 0 saturated carbocycles. The maximum absolute atomic E-state index is 10.4. The average molecular weight is 200 g/mol. The summed E-state index contributed by atoms with van der Waals surface area (Å²) >= 11 is 0. The van der Waals surface area contributed by atoms with Crippen LogP contribution in [-0.2, 0) is 22.6 Å². The molecule has 0 aromatic carbocycles. The normalized spacial score (nSPS) is 12.7. The van der Waals surface area contributed by atoms with Crippen LogP contribution in [0.25, 0.3) is 0 Å². The highest BCUT2D eigenvalue weighted by molar-refractivity contribution is 5.71. The first-order chi connectivity index (χ1) is 6.63. The number of nitrogens with zero attached hydrogens (tertiary/aromatic N) is 2. The number of hydrogen-bond donors (Lipinski definition) is 1. The zero-order chi connectivity index (χ0) is 10.6. The molecule has 0 saturated heterocycles. The van der Waals surface area contributed by atoms with E-state index in [1.165, 1.54) is 6.92 Å². The summed E-state index contributed by atoms with van der Waals surface area (Å²) in [6.45, 7) is 3.39. The average Bonchev–Trinajstić information content (AvgIpc) is 2.61. The van der Waals surface area contributed by atoms with Crippen LogP contribution in [-0.4, -0.2) is 27.3 Å². The first kappa shape index (κ1) is 10.6. The van der Waals surface area contributed by atoms with Gasteiger partial charge in [0.05, 0.1) is 0 Å². The van der Waals surface area contributed by atoms with E-state index in [0.29, 0.717) is 18.1 Å². The Labute approximate surface area is 80.9 Å². The van der Waals surface area contributed by atoms with Gasteiger partial charge in [0.15, 0.2) is 11.9 Å². The van der Waals surface area contributed by atoms with E-state index in [0.717, 1.165) is 0 Å². The van der Waals surface area contributed by atoms with Gasteiger partial charge >= 0.3 is 5.97 Å². The lowest BCUT2D eigenvalue weighted by Gasteiger charge is -2.04. The van der Waals surface area contributed by atoms with Crippen molar-refractivity contribution < 1.29 is 19.2 Å². The molecular weight excluding hydrogens is 188 g/mol. The standard InChI is InChI=1S/C8H12N2O4/c1-3-7-9-6(10-14-7)4-13-5(2)8(11)12/h5H,3-4H2,1-2H3,(H,11,12). The number of carboxylic acids is 1. The van der Waals surface area contributed by atoms with Crippen LogP contribution in [0.4, 0.5) is 0 Å². The minimum absolute atomic E-state index is 0.0525. The van der Waals surface area contributed by atoms with Gasteiger partial charge in [-0.1, -0.05) is 12.1 Å². The lowest BCUT2D eigenvalue weighted by atomic mass is 10.4. The Hall–Kier alpha value is -1.43. The molecule has 0 aliphatic rings. The first-order valence-electron chi connectivity index (χ1n) is 4.29. The van der Waals surface area contributed by atoms with Crippen LogP contribution in [0.3, 0.4) is 0 Å². The summed E-state index contributed by atoms with van der Waals surface area (Å²) in [6.07, 6.45) is -0.208. The fourth-order valence-corrected chi connectivity index (χ4v) is 0.763. The van der Waals surface area contributed by atoms with Crippen LogP contribution in [0.5, 0.6) is 0 Å². The SMILES string of the molecule is CCc1nc(COC(C)C(=O)O)no1. The fourth-order valence-electron chi connectivity index (χ4n) is 0.763. The van der Waals surface area contributed by atoms with Crippen molar-refractivity contribution in [2.75, 3.05) is 0 Å². The Bertz CT molecular complexity index is 310. The third-order valence-corrected chi connectivity index (χ3v) is 1.62. The van der Waals surface area contributed by atoms with Gasteiger partial charge in [0.25, 0.3) is 0 Å². The van der Waals surface area contributed by atoms with Crippen LogP contribution in [0.15, 0.2) is 4.52 Å². The summed E-state index contributed by atoms with van der Waals surface area (Å²) in [6, 6.07) is 0. The molecule has 0 fully saturated rings. The Morgan fingerprint density at radius 2 is 2.43 bits per heavy atom. The van der Waals surface area contributed by atoms with Gasteiger partial charge in [0.1, 0.15) is 6.61 Å². The number of aromatic nitrogens is 2. The van der Waals surface area contributed by atoms with Crippen molar-refractivity contribution in [3.63, 3.8) is 0 Å². The smallest absolute Gasteiger partial charge is 0.332 e. The molecule has 1 rings (SSSR count). The molecule has 14 heavy (non-hydrogen) atoms. The van der Waals surface area contributed by atoms with Crippen LogP contribution < -0.4 is 0 Å². The van der Waals surface area contributed by atoms with Crippen molar-refractivity contribution in [2.45, 2.75) is 33.0 Å². The second-order valence-corrected chi connectivity index (χ2v) is 2.75. The van der Waals surface area contributed by atoms with Gasteiger partial charge in [-0.2, -0.15) is 4.98 Å². The molecule has 1 aromatic rings. The van der Waals surface area contributed by atoms with Gasteiger partial charge in [-0.3, -0.25) is 0 Å². The summed E-state index contributed by atoms with van der Waals surface area (Å²) in [5, 5.41) is 12.1. The third kappa shape index (κ3) is 2.81. The van der Waals surface area contributed by atoms with Gasteiger partial charge in [-0.15, -0.1) is 0 Å². The summed E-state index contributed by atoms with van der Waals surface area (Å²) in [5.41, 5.74) is 0. The van der Waals surface area contributed by atoms with Gasteiger partial charge in [0, 0.05) is 6.42 Å². The van der Waals surface area contributed by atoms with Crippen molar-refractivity contribution in [3.8, 4) is 0 Å². The molecular formula is C8H12N2O4.